The molecule has 0 bridgehead atoms. The van der Waals surface area contributed by atoms with Crippen molar-refractivity contribution < 1.29 is 14.3 Å². The number of methoxy groups -OCH3 is 2. The number of amides is 1. The van der Waals surface area contributed by atoms with Crippen LogP contribution in [0.15, 0.2) is 18.2 Å². The second-order valence-electron chi connectivity index (χ2n) is 5.94. The zero-order chi connectivity index (χ0) is 16.1. The summed E-state index contributed by atoms with van der Waals surface area (Å²) in [5, 5.41) is 0. The van der Waals surface area contributed by atoms with Gasteiger partial charge in [0.05, 0.1) is 14.2 Å². The average molecular weight is 306 g/mol. The normalized spacial score (nSPS) is 21.5. The number of carbonyl (C=O) groups is 1. The highest BCUT2D eigenvalue weighted by molar-refractivity contribution is 5.77. The summed E-state index contributed by atoms with van der Waals surface area (Å²) in [6.07, 6.45) is 2.96. The van der Waals surface area contributed by atoms with Crippen LogP contribution in [0, 0.1) is 0 Å². The van der Waals surface area contributed by atoms with Crippen LogP contribution >= 0.6 is 0 Å². The van der Waals surface area contributed by atoms with Crippen molar-refractivity contribution >= 4 is 5.91 Å². The quantitative estimate of drug-likeness (QED) is 0.903. The number of rotatable bonds is 5. The van der Waals surface area contributed by atoms with E-state index in [1.165, 1.54) is 0 Å². The Morgan fingerprint density at radius 3 is 2.45 bits per heavy atom. The summed E-state index contributed by atoms with van der Waals surface area (Å²) in [4.78, 5) is 14.4. The van der Waals surface area contributed by atoms with Crippen LogP contribution in [0.3, 0.4) is 0 Å². The van der Waals surface area contributed by atoms with Crippen molar-refractivity contribution in [2.75, 3.05) is 20.8 Å². The van der Waals surface area contributed by atoms with E-state index in [1.807, 2.05) is 23.1 Å². The highest BCUT2D eigenvalue weighted by atomic mass is 16.5. The minimum absolute atomic E-state index is 0.196. The van der Waals surface area contributed by atoms with E-state index in [2.05, 4.69) is 6.92 Å². The number of aryl methyl sites for hydroxylation is 1. The van der Waals surface area contributed by atoms with Crippen LogP contribution in [0.2, 0.25) is 0 Å². The molecular weight excluding hydrogens is 280 g/mol. The maximum Gasteiger partial charge on any atom is 0.223 e. The molecule has 1 aliphatic heterocycles. The smallest absolute Gasteiger partial charge is 0.223 e. The molecule has 0 aliphatic carbocycles. The number of carbonyl (C=O) groups excluding carboxylic acids is 1. The molecule has 1 saturated heterocycles. The van der Waals surface area contributed by atoms with Crippen molar-refractivity contribution in [1.29, 1.82) is 0 Å². The van der Waals surface area contributed by atoms with Gasteiger partial charge in [-0.05, 0) is 43.9 Å². The molecular formula is C17H26N2O3. The molecule has 1 fully saturated rings. The van der Waals surface area contributed by atoms with Gasteiger partial charge in [-0.15, -0.1) is 0 Å². The summed E-state index contributed by atoms with van der Waals surface area (Å²) >= 11 is 0. The van der Waals surface area contributed by atoms with Gasteiger partial charge in [0.1, 0.15) is 11.5 Å². The van der Waals surface area contributed by atoms with E-state index in [4.69, 9.17) is 15.2 Å². The third-order valence-electron chi connectivity index (χ3n) is 4.28. The lowest BCUT2D eigenvalue weighted by atomic mass is 9.98. The summed E-state index contributed by atoms with van der Waals surface area (Å²) in [6, 6.07) is 6.19. The number of likely N-dealkylation sites (tertiary alicyclic amines) is 1. The van der Waals surface area contributed by atoms with E-state index in [0.29, 0.717) is 12.8 Å². The fourth-order valence-corrected chi connectivity index (χ4v) is 2.98. The molecule has 2 rings (SSSR count). The number of piperidine rings is 1. The van der Waals surface area contributed by atoms with Crippen molar-refractivity contribution in [2.24, 2.45) is 5.73 Å². The zero-order valence-corrected chi connectivity index (χ0v) is 13.7. The Morgan fingerprint density at radius 1 is 1.27 bits per heavy atom. The Morgan fingerprint density at radius 2 is 1.91 bits per heavy atom. The number of nitrogens with two attached hydrogens (primary N) is 1. The van der Waals surface area contributed by atoms with Crippen molar-refractivity contribution in [3.63, 3.8) is 0 Å². The molecule has 0 spiro atoms. The molecule has 1 aliphatic rings. The molecule has 22 heavy (non-hydrogen) atoms. The zero-order valence-electron chi connectivity index (χ0n) is 13.7. The SMILES string of the molecule is COc1cc(CCC(=O)N2CC[C@H](N)C[C@@H]2C)cc(OC)c1. The molecule has 122 valence electrons. The van der Waals surface area contributed by atoms with Gasteiger partial charge < -0.3 is 20.1 Å². The van der Waals surface area contributed by atoms with Crippen LogP contribution < -0.4 is 15.2 Å². The van der Waals surface area contributed by atoms with Crippen molar-refractivity contribution in [3.05, 3.63) is 23.8 Å². The molecule has 1 amide bonds. The molecule has 2 N–H and O–H groups in total. The average Bonchev–Trinajstić information content (AvgIpc) is 2.52. The monoisotopic (exact) mass is 306 g/mol. The van der Waals surface area contributed by atoms with Gasteiger partial charge in [0.15, 0.2) is 0 Å². The van der Waals surface area contributed by atoms with Crippen molar-refractivity contribution in [3.8, 4) is 11.5 Å². The Balaban J connectivity index is 1.96. The van der Waals surface area contributed by atoms with Crippen LogP contribution in [-0.2, 0) is 11.2 Å². The van der Waals surface area contributed by atoms with Crippen LogP contribution in [0.5, 0.6) is 11.5 Å². The molecule has 5 nitrogen and oxygen atoms in total. The van der Waals surface area contributed by atoms with Crippen LogP contribution in [0.25, 0.3) is 0 Å². The first-order valence-electron chi connectivity index (χ1n) is 7.80. The van der Waals surface area contributed by atoms with E-state index in [1.54, 1.807) is 14.2 Å². The lowest BCUT2D eigenvalue weighted by Crippen LogP contribution is -2.48. The van der Waals surface area contributed by atoms with Gasteiger partial charge in [-0.1, -0.05) is 0 Å². The number of ether oxygens (including phenoxy) is 2. The maximum absolute atomic E-state index is 12.4. The van der Waals surface area contributed by atoms with Gasteiger partial charge >= 0.3 is 0 Å². The van der Waals surface area contributed by atoms with Crippen molar-refractivity contribution in [1.82, 2.24) is 4.90 Å². The number of hydrogen-bond donors (Lipinski definition) is 1. The summed E-state index contributed by atoms with van der Waals surface area (Å²) in [5.74, 6) is 1.69. The molecule has 5 heteroatoms. The predicted molar refractivity (Wildman–Crippen MR) is 86.3 cm³/mol. The minimum atomic E-state index is 0.196. The second kappa shape index (κ2) is 7.49. The Bertz CT molecular complexity index is 496. The molecule has 0 unspecified atom stereocenters. The molecule has 1 aromatic rings. The largest absolute Gasteiger partial charge is 0.497 e. The number of benzene rings is 1. The predicted octanol–water partition coefficient (Wildman–Crippen LogP) is 1.97. The maximum atomic E-state index is 12.4. The van der Waals surface area contributed by atoms with Gasteiger partial charge in [0.25, 0.3) is 0 Å². The van der Waals surface area contributed by atoms with E-state index in [-0.39, 0.29) is 18.0 Å². The molecule has 1 aromatic carbocycles. The van der Waals surface area contributed by atoms with Gasteiger partial charge in [-0.3, -0.25) is 4.79 Å². The Labute approximate surface area is 132 Å². The first-order valence-corrected chi connectivity index (χ1v) is 7.80. The molecule has 1 heterocycles. The fraction of sp³-hybridized carbons (Fsp3) is 0.588. The van der Waals surface area contributed by atoms with Crippen LogP contribution in [0.4, 0.5) is 0 Å². The summed E-state index contributed by atoms with van der Waals surface area (Å²) in [6.45, 7) is 2.84. The minimum Gasteiger partial charge on any atom is -0.497 e. The van der Waals surface area contributed by atoms with Gasteiger partial charge in [-0.25, -0.2) is 0 Å². The highest BCUT2D eigenvalue weighted by Crippen LogP contribution is 2.24. The number of hydrogen-bond acceptors (Lipinski definition) is 4. The molecule has 0 radical (unpaired) electrons. The lowest BCUT2D eigenvalue weighted by molar-refractivity contribution is -0.134. The summed E-state index contributed by atoms with van der Waals surface area (Å²) in [7, 11) is 3.25. The number of nitrogens with zero attached hydrogens (tertiary/aromatic N) is 1. The van der Waals surface area contributed by atoms with Crippen LogP contribution in [0.1, 0.15) is 31.7 Å². The Kier molecular flexibility index (Phi) is 5.66. The molecule has 0 saturated carbocycles. The van der Waals surface area contributed by atoms with E-state index in [9.17, 15) is 4.79 Å². The topological polar surface area (TPSA) is 64.8 Å². The summed E-state index contributed by atoms with van der Waals surface area (Å²) in [5.41, 5.74) is 7.00. The molecule has 2 atom stereocenters. The Hall–Kier alpha value is -1.75. The second-order valence-corrected chi connectivity index (χ2v) is 5.94. The first kappa shape index (κ1) is 16.6. The summed E-state index contributed by atoms with van der Waals surface area (Å²) < 4.78 is 10.5. The van der Waals surface area contributed by atoms with Gasteiger partial charge in [-0.2, -0.15) is 0 Å². The van der Waals surface area contributed by atoms with Crippen molar-refractivity contribution in [2.45, 2.75) is 44.7 Å². The van der Waals surface area contributed by atoms with E-state index in [0.717, 1.165) is 36.4 Å². The third-order valence-corrected chi connectivity index (χ3v) is 4.28. The lowest BCUT2D eigenvalue weighted by Gasteiger charge is -2.36. The van der Waals surface area contributed by atoms with Gasteiger partial charge in [0.2, 0.25) is 5.91 Å². The standard InChI is InChI=1S/C17H26N2O3/c1-12-8-14(18)6-7-19(12)17(20)5-4-13-9-15(21-2)11-16(10-13)22-3/h9-12,14H,4-8,18H2,1-3H3/t12-,14-/m0/s1. The van der Waals surface area contributed by atoms with Gasteiger partial charge in [0, 0.05) is 31.1 Å². The van der Waals surface area contributed by atoms with Crippen LogP contribution in [-0.4, -0.2) is 43.7 Å². The van der Waals surface area contributed by atoms with E-state index >= 15 is 0 Å². The molecule has 0 aromatic heterocycles. The first-order chi connectivity index (χ1) is 10.5. The third kappa shape index (κ3) is 4.13. The van der Waals surface area contributed by atoms with E-state index < -0.39 is 0 Å². The fourth-order valence-electron chi connectivity index (χ4n) is 2.98. The highest BCUT2D eigenvalue weighted by Gasteiger charge is 2.26.